The van der Waals surface area contributed by atoms with Crippen LogP contribution in [0.3, 0.4) is 0 Å². The highest BCUT2D eigenvalue weighted by Gasteiger charge is 2.18. The Balaban J connectivity index is 2.03. The number of aromatic nitrogens is 2. The largest absolute Gasteiger partial charge is 0.365 e. The Bertz CT molecular complexity index is 837. The van der Waals surface area contributed by atoms with Crippen molar-refractivity contribution in [2.45, 2.75) is 33.7 Å². The molecule has 4 N–H and O–H groups in total. The highest BCUT2D eigenvalue weighted by atomic mass is 79.9. The van der Waals surface area contributed by atoms with Crippen LogP contribution in [0.1, 0.15) is 33.4 Å². The van der Waals surface area contributed by atoms with Crippen LogP contribution < -0.4 is 15.5 Å². The fourth-order valence-electron chi connectivity index (χ4n) is 2.37. The molecule has 0 unspecified atom stereocenters. The zero-order chi connectivity index (χ0) is 22.1. The van der Waals surface area contributed by atoms with Gasteiger partial charge in [-0.05, 0) is 64.2 Å². The van der Waals surface area contributed by atoms with Crippen LogP contribution in [0.25, 0.3) is 0 Å². The van der Waals surface area contributed by atoms with E-state index in [0.29, 0.717) is 30.0 Å². The summed E-state index contributed by atoms with van der Waals surface area (Å²) in [6, 6.07) is 4.62. The van der Waals surface area contributed by atoms with Gasteiger partial charge in [0.15, 0.2) is 11.5 Å². The Hall–Kier alpha value is -1.73. The number of aliphatic imine (C=N–C) groups is 1. The van der Waals surface area contributed by atoms with Crippen LogP contribution in [0.15, 0.2) is 32.3 Å². The minimum absolute atomic E-state index is 0.0248. The molecule has 0 spiro atoms. The first-order chi connectivity index (χ1) is 14.3. The van der Waals surface area contributed by atoms with E-state index in [-0.39, 0.29) is 16.0 Å². The summed E-state index contributed by atoms with van der Waals surface area (Å²) >= 11 is 4.72. The molecule has 30 heavy (non-hydrogen) atoms. The van der Waals surface area contributed by atoms with Crippen molar-refractivity contribution in [3.63, 3.8) is 0 Å². The molecule has 2 aromatic rings. The summed E-state index contributed by atoms with van der Waals surface area (Å²) < 4.78 is 24.1. The van der Waals surface area contributed by atoms with Gasteiger partial charge in [0.25, 0.3) is 0 Å². The van der Waals surface area contributed by atoms with Crippen LogP contribution in [0.4, 0.5) is 15.9 Å². The van der Waals surface area contributed by atoms with Gasteiger partial charge in [0.2, 0.25) is 5.82 Å². The molecule has 9 nitrogen and oxygen atoms in total. The highest BCUT2D eigenvalue weighted by Crippen LogP contribution is 2.23. The number of hydroxylamine groups is 1. The van der Waals surface area contributed by atoms with E-state index in [2.05, 4.69) is 73.3 Å². The highest BCUT2D eigenvalue weighted by molar-refractivity contribution is 9.10. The predicted molar refractivity (Wildman–Crippen MR) is 120 cm³/mol. The molecule has 0 amide bonds. The summed E-state index contributed by atoms with van der Waals surface area (Å²) in [5, 5.41) is 20.4. The van der Waals surface area contributed by atoms with Gasteiger partial charge in [-0.1, -0.05) is 13.8 Å². The van der Waals surface area contributed by atoms with E-state index in [1.165, 1.54) is 18.2 Å². The number of nitrogens with one attached hydrogen (secondary N) is 3. The lowest BCUT2D eigenvalue weighted by Gasteiger charge is -2.24. The number of benzene rings is 1. The first-order valence-corrected chi connectivity index (χ1v) is 11.1. The molecular weight excluding hydrogens is 477 g/mol. The van der Waals surface area contributed by atoms with Crippen LogP contribution in [0, 0.1) is 11.7 Å². The number of hydrogen-bond acceptors (Lipinski definition) is 9. The molecule has 2 rings (SSSR count). The van der Waals surface area contributed by atoms with Crippen molar-refractivity contribution in [1.29, 1.82) is 0 Å². The van der Waals surface area contributed by atoms with Crippen molar-refractivity contribution in [2.75, 3.05) is 25.0 Å². The second-order valence-corrected chi connectivity index (χ2v) is 8.75. The predicted octanol–water partition coefficient (Wildman–Crippen LogP) is 3.96. The second-order valence-electron chi connectivity index (χ2n) is 6.96. The molecule has 1 heterocycles. The minimum Gasteiger partial charge on any atom is -0.365 e. The van der Waals surface area contributed by atoms with Crippen molar-refractivity contribution in [1.82, 2.24) is 24.8 Å². The number of hydrogen-bond donors (Lipinski definition) is 4. The SMILES string of the molecule is CCN(C[C@@H](C)CNc1nonc1C(=Nc1ccc(F)c(Br)c1)NO)SNC(C)C. The Kier molecular flexibility index (Phi) is 9.98. The van der Waals surface area contributed by atoms with Crippen molar-refractivity contribution in [3.8, 4) is 0 Å². The van der Waals surface area contributed by atoms with E-state index in [0.717, 1.165) is 13.1 Å². The molecule has 0 aliphatic carbocycles. The van der Waals surface area contributed by atoms with Gasteiger partial charge >= 0.3 is 0 Å². The van der Waals surface area contributed by atoms with Gasteiger partial charge in [0.05, 0.1) is 10.2 Å². The average molecular weight is 504 g/mol. The summed E-state index contributed by atoms with van der Waals surface area (Å²) in [6.45, 7) is 10.8. The monoisotopic (exact) mass is 503 g/mol. The molecule has 0 saturated heterocycles. The Morgan fingerprint density at radius 1 is 1.37 bits per heavy atom. The Morgan fingerprint density at radius 3 is 2.77 bits per heavy atom. The maximum absolute atomic E-state index is 13.4. The minimum atomic E-state index is -0.408. The van der Waals surface area contributed by atoms with Crippen molar-refractivity contribution in [2.24, 2.45) is 10.9 Å². The maximum atomic E-state index is 13.4. The van der Waals surface area contributed by atoms with Gasteiger partial charge in [-0.2, -0.15) is 0 Å². The number of rotatable bonds is 11. The first-order valence-electron chi connectivity index (χ1n) is 9.52. The molecule has 0 bridgehead atoms. The Labute approximate surface area is 188 Å². The summed E-state index contributed by atoms with van der Waals surface area (Å²) in [4.78, 5) is 4.25. The second kappa shape index (κ2) is 12.2. The van der Waals surface area contributed by atoms with Gasteiger partial charge in [-0.3, -0.25) is 10.7 Å². The fraction of sp³-hybridized carbons (Fsp3) is 0.500. The molecule has 0 aliphatic heterocycles. The summed E-state index contributed by atoms with van der Waals surface area (Å²) in [5.74, 6) is 0.261. The van der Waals surface area contributed by atoms with E-state index in [1.54, 1.807) is 12.1 Å². The molecule has 1 aromatic carbocycles. The molecular formula is C18H27BrFN7O2S. The lowest BCUT2D eigenvalue weighted by Crippen LogP contribution is -2.31. The van der Waals surface area contributed by atoms with Crippen LogP contribution in [0.2, 0.25) is 0 Å². The van der Waals surface area contributed by atoms with E-state index in [9.17, 15) is 9.60 Å². The van der Waals surface area contributed by atoms with E-state index < -0.39 is 5.82 Å². The standard InChI is InChI=1S/C18H27BrFN7O2S/c1-5-27(30-26-11(2)3)10-12(4)9-21-17-16(24-29-25-17)18(23-28)22-13-6-7-15(20)14(19)8-13/h6-8,11-12,26,28H,5,9-10H2,1-4H3,(H,21,25)(H,22,23)/t12-/m0/s1. The summed E-state index contributed by atoms with van der Waals surface area (Å²) in [7, 11) is 0. The van der Waals surface area contributed by atoms with Crippen LogP contribution in [-0.2, 0) is 0 Å². The third-order valence-electron chi connectivity index (χ3n) is 3.87. The Morgan fingerprint density at radius 2 is 2.13 bits per heavy atom. The van der Waals surface area contributed by atoms with E-state index in [4.69, 9.17) is 4.63 Å². The molecule has 0 fully saturated rings. The molecule has 0 saturated carbocycles. The molecule has 0 aliphatic rings. The lowest BCUT2D eigenvalue weighted by atomic mass is 10.2. The molecule has 1 aromatic heterocycles. The van der Waals surface area contributed by atoms with E-state index in [1.807, 2.05) is 5.48 Å². The van der Waals surface area contributed by atoms with Crippen LogP contribution in [-0.4, -0.2) is 51.3 Å². The molecule has 166 valence electrons. The van der Waals surface area contributed by atoms with Crippen LogP contribution in [0.5, 0.6) is 0 Å². The normalized spacial score (nSPS) is 13.2. The topological polar surface area (TPSA) is 111 Å². The van der Waals surface area contributed by atoms with Crippen LogP contribution >= 0.6 is 28.1 Å². The number of nitrogens with zero attached hydrogens (tertiary/aromatic N) is 4. The zero-order valence-electron chi connectivity index (χ0n) is 17.3. The zero-order valence-corrected chi connectivity index (χ0v) is 19.7. The van der Waals surface area contributed by atoms with Gasteiger partial charge in [-0.25, -0.2) is 23.0 Å². The first kappa shape index (κ1) is 24.5. The third-order valence-corrected chi connectivity index (χ3v) is 5.72. The van der Waals surface area contributed by atoms with Gasteiger partial charge < -0.3 is 5.32 Å². The van der Waals surface area contributed by atoms with Gasteiger partial charge in [-0.15, -0.1) is 0 Å². The number of anilines is 1. The maximum Gasteiger partial charge on any atom is 0.202 e. The average Bonchev–Trinajstić information content (AvgIpc) is 3.18. The van der Waals surface area contributed by atoms with Crippen molar-refractivity contribution in [3.05, 3.63) is 34.2 Å². The molecule has 1 atom stereocenters. The van der Waals surface area contributed by atoms with Gasteiger partial charge in [0, 0.05) is 37.8 Å². The molecule has 0 radical (unpaired) electrons. The lowest BCUT2D eigenvalue weighted by molar-refractivity contribution is 0.234. The third kappa shape index (κ3) is 7.51. The number of amidine groups is 1. The van der Waals surface area contributed by atoms with Crippen molar-refractivity contribution >= 4 is 45.4 Å². The van der Waals surface area contributed by atoms with Crippen molar-refractivity contribution < 1.29 is 14.2 Å². The smallest absolute Gasteiger partial charge is 0.202 e. The summed E-state index contributed by atoms with van der Waals surface area (Å²) in [6.07, 6.45) is 0. The summed E-state index contributed by atoms with van der Waals surface area (Å²) in [5.41, 5.74) is 2.63. The van der Waals surface area contributed by atoms with E-state index >= 15 is 0 Å². The molecule has 12 heteroatoms. The van der Waals surface area contributed by atoms with Gasteiger partial charge in [0.1, 0.15) is 5.82 Å². The quantitative estimate of drug-likeness (QED) is 0.156. The number of halogens is 2. The fourth-order valence-corrected chi connectivity index (χ4v) is 3.55.